The van der Waals surface area contributed by atoms with Gasteiger partial charge in [-0.15, -0.1) is 0 Å². The Hall–Kier alpha value is -1.00. The highest BCUT2D eigenvalue weighted by Crippen LogP contribution is 2.40. The van der Waals surface area contributed by atoms with Crippen LogP contribution in [0.3, 0.4) is 0 Å². The van der Waals surface area contributed by atoms with E-state index in [4.69, 9.17) is 4.74 Å². The van der Waals surface area contributed by atoms with Crippen LogP contribution in [0.1, 0.15) is 11.3 Å². The summed E-state index contributed by atoms with van der Waals surface area (Å²) in [5, 5.41) is 4.87. The van der Waals surface area contributed by atoms with Gasteiger partial charge in [0.25, 0.3) is 0 Å². The van der Waals surface area contributed by atoms with E-state index in [9.17, 15) is 0 Å². The lowest BCUT2D eigenvalue weighted by molar-refractivity contribution is 0.283. The maximum absolute atomic E-state index is 5.85. The molecule has 0 spiro atoms. The van der Waals surface area contributed by atoms with Crippen molar-refractivity contribution in [2.45, 2.75) is 19.4 Å². The number of aromatic nitrogens is 1. The average Bonchev–Trinajstić information content (AvgIpc) is 2.57. The summed E-state index contributed by atoms with van der Waals surface area (Å²) in [5.74, 6) is 1.03. The van der Waals surface area contributed by atoms with Gasteiger partial charge in [0.05, 0.1) is 16.5 Å². The predicted molar refractivity (Wildman–Crippen MR) is 75.4 cm³/mol. The van der Waals surface area contributed by atoms with Crippen molar-refractivity contribution in [2.24, 2.45) is 0 Å². The highest BCUT2D eigenvalue weighted by atomic mass is 79.9. The Labute approximate surface area is 114 Å². The van der Waals surface area contributed by atoms with Crippen LogP contribution >= 0.6 is 15.9 Å². The topological polar surface area (TPSA) is 26.2 Å². The zero-order valence-electron chi connectivity index (χ0n) is 10.1. The predicted octanol–water partition coefficient (Wildman–Crippen LogP) is 2.48. The fourth-order valence-corrected chi connectivity index (χ4v) is 3.68. The van der Waals surface area contributed by atoms with E-state index in [2.05, 4.69) is 37.9 Å². The summed E-state index contributed by atoms with van der Waals surface area (Å²) in [6.07, 6.45) is 2.25. The molecule has 1 aromatic heterocycles. The highest BCUT2D eigenvalue weighted by Gasteiger charge is 2.24. The SMILES string of the molecule is Brc1ccc2c3c(n4c2c1OCC4)CCNCC3. The van der Waals surface area contributed by atoms with Gasteiger partial charge in [0.2, 0.25) is 0 Å². The van der Waals surface area contributed by atoms with Crippen molar-refractivity contribution in [3.8, 4) is 5.75 Å². The first-order valence-electron chi connectivity index (χ1n) is 6.52. The van der Waals surface area contributed by atoms with E-state index in [-0.39, 0.29) is 0 Å². The first-order valence-corrected chi connectivity index (χ1v) is 7.31. The lowest BCUT2D eigenvalue weighted by atomic mass is 10.1. The molecule has 94 valence electrons. The highest BCUT2D eigenvalue weighted by molar-refractivity contribution is 9.10. The Morgan fingerprint density at radius 3 is 3.06 bits per heavy atom. The molecule has 0 bridgehead atoms. The van der Waals surface area contributed by atoms with Gasteiger partial charge < -0.3 is 14.6 Å². The van der Waals surface area contributed by atoms with Crippen molar-refractivity contribution in [3.63, 3.8) is 0 Å². The van der Waals surface area contributed by atoms with Crippen LogP contribution < -0.4 is 10.1 Å². The molecule has 0 fully saturated rings. The van der Waals surface area contributed by atoms with Crippen LogP contribution in [0.4, 0.5) is 0 Å². The van der Waals surface area contributed by atoms with Crippen LogP contribution in [0.25, 0.3) is 10.9 Å². The number of hydrogen-bond acceptors (Lipinski definition) is 2. The smallest absolute Gasteiger partial charge is 0.157 e. The maximum Gasteiger partial charge on any atom is 0.157 e. The van der Waals surface area contributed by atoms with E-state index >= 15 is 0 Å². The van der Waals surface area contributed by atoms with Crippen LogP contribution in [0.2, 0.25) is 0 Å². The van der Waals surface area contributed by atoms with Gasteiger partial charge in [-0.3, -0.25) is 0 Å². The van der Waals surface area contributed by atoms with Gasteiger partial charge in [0.15, 0.2) is 5.75 Å². The quantitative estimate of drug-likeness (QED) is 0.809. The molecule has 2 aliphatic heterocycles. The second-order valence-corrected chi connectivity index (χ2v) is 5.80. The molecule has 4 rings (SSSR count). The van der Waals surface area contributed by atoms with Crippen molar-refractivity contribution < 1.29 is 4.74 Å². The van der Waals surface area contributed by atoms with E-state index in [0.29, 0.717) is 0 Å². The molecule has 0 unspecified atom stereocenters. The third kappa shape index (κ3) is 1.39. The third-order valence-electron chi connectivity index (χ3n) is 4.00. The van der Waals surface area contributed by atoms with Gasteiger partial charge >= 0.3 is 0 Å². The summed E-state index contributed by atoms with van der Waals surface area (Å²) < 4.78 is 9.40. The molecule has 1 N–H and O–H groups in total. The van der Waals surface area contributed by atoms with Gasteiger partial charge in [-0.1, -0.05) is 6.07 Å². The molecule has 0 atom stereocenters. The zero-order chi connectivity index (χ0) is 12.1. The van der Waals surface area contributed by atoms with Gasteiger partial charge in [-0.2, -0.15) is 0 Å². The summed E-state index contributed by atoms with van der Waals surface area (Å²) in [4.78, 5) is 0. The molecule has 1 aromatic carbocycles. The minimum Gasteiger partial charge on any atom is -0.488 e. The van der Waals surface area contributed by atoms with Crippen molar-refractivity contribution in [1.82, 2.24) is 9.88 Å². The monoisotopic (exact) mass is 306 g/mol. The normalized spacial score (nSPS) is 18.3. The molecular weight excluding hydrogens is 292 g/mol. The Bertz CT molecular complexity index is 632. The molecule has 18 heavy (non-hydrogen) atoms. The molecule has 0 amide bonds. The van der Waals surface area contributed by atoms with Crippen LogP contribution in [-0.4, -0.2) is 24.3 Å². The summed E-state index contributed by atoms with van der Waals surface area (Å²) >= 11 is 3.60. The fourth-order valence-electron chi connectivity index (χ4n) is 3.24. The lowest BCUT2D eigenvalue weighted by Crippen LogP contribution is -2.19. The van der Waals surface area contributed by atoms with Crippen LogP contribution in [0.15, 0.2) is 16.6 Å². The molecule has 0 saturated heterocycles. The summed E-state index contributed by atoms with van der Waals surface area (Å²) in [6.45, 7) is 3.92. The van der Waals surface area contributed by atoms with E-state index in [0.717, 1.165) is 49.3 Å². The molecule has 0 radical (unpaired) electrons. The number of halogens is 1. The van der Waals surface area contributed by atoms with Crippen molar-refractivity contribution >= 4 is 26.8 Å². The molecule has 2 aromatic rings. The van der Waals surface area contributed by atoms with E-state index in [1.54, 1.807) is 0 Å². The molecular formula is C14H15BrN2O. The third-order valence-corrected chi connectivity index (χ3v) is 4.63. The van der Waals surface area contributed by atoms with E-state index in [1.165, 1.54) is 22.2 Å². The molecule has 2 aliphatic rings. The lowest BCUT2D eigenvalue weighted by Gasteiger charge is -2.20. The largest absolute Gasteiger partial charge is 0.488 e. The average molecular weight is 307 g/mol. The number of rotatable bonds is 0. The Balaban J connectivity index is 2.10. The number of nitrogens with one attached hydrogen (secondary N) is 1. The van der Waals surface area contributed by atoms with E-state index in [1.807, 2.05) is 0 Å². The standard InChI is InChI=1S/C14H15BrN2O/c15-11-2-1-10-9-3-5-16-6-4-12(9)17-7-8-18-14(11)13(10)17/h1-2,16H,3-8H2. The summed E-state index contributed by atoms with van der Waals surface area (Å²) in [7, 11) is 0. The maximum atomic E-state index is 5.85. The summed E-state index contributed by atoms with van der Waals surface area (Å²) in [5.41, 5.74) is 4.33. The van der Waals surface area contributed by atoms with Gasteiger partial charge in [-0.25, -0.2) is 0 Å². The fraction of sp³-hybridized carbons (Fsp3) is 0.429. The van der Waals surface area contributed by atoms with Gasteiger partial charge in [0.1, 0.15) is 6.61 Å². The van der Waals surface area contributed by atoms with E-state index < -0.39 is 0 Å². The first-order chi connectivity index (χ1) is 8.86. The van der Waals surface area contributed by atoms with Crippen LogP contribution in [-0.2, 0) is 19.4 Å². The number of nitrogens with zero attached hydrogens (tertiary/aromatic N) is 1. The second kappa shape index (κ2) is 4.00. The first kappa shape index (κ1) is 10.9. The molecule has 3 heterocycles. The molecule has 0 saturated carbocycles. The van der Waals surface area contributed by atoms with Gasteiger partial charge in [0, 0.05) is 24.0 Å². The molecule has 0 aliphatic carbocycles. The molecule has 4 heteroatoms. The second-order valence-electron chi connectivity index (χ2n) is 4.95. The van der Waals surface area contributed by atoms with Gasteiger partial charge in [-0.05, 0) is 40.5 Å². The summed E-state index contributed by atoms with van der Waals surface area (Å²) in [6, 6.07) is 4.35. The minimum atomic E-state index is 0.777. The zero-order valence-corrected chi connectivity index (χ0v) is 11.7. The number of ether oxygens (including phenoxy) is 1. The number of hydrogen-bond donors (Lipinski definition) is 1. The number of fused-ring (bicyclic) bond motifs is 3. The minimum absolute atomic E-state index is 0.777. The van der Waals surface area contributed by atoms with Crippen molar-refractivity contribution in [3.05, 3.63) is 27.9 Å². The van der Waals surface area contributed by atoms with Crippen molar-refractivity contribution in [1.29, 1.82) is 0 Å². The van der Waals surface area contributed by atoms with Crippen LogP contribution in [0.5, 0.6) is 5.75 Å². The van der Waals surface area contributed by atoms with Crippen LogP contribution in [0, 0.1) is 0 Å². The Morgan fingerprint density at radius 2 is 2.11 bits per heavy atom. The Kier molecular flexibility index (Phi) is 2.42. The number of benzene rings is 1. The molecule has 3 nitrogen and oxygen atoms in total. The Morgan fingerprint density at radius 1 is 1.22 bits per heavy atom. The van der Waals surface area contributed by atoms with Crippen molar-refractivity contribution in [2.75, 3.05) is 19.7 Å².